The number of hydrogen-bond donors (Lipinski definition) is 0. The monoisotopic (exact) mass is 317 g/mol. The number of hydrogen-bond acceptors (Lipinski definition) is 2. The van der Waals surface area contributed by atoms with Gasteiger partial charge in [0, 0.05) is 41.5 Å². The molecule has 2 nitrogen and oxygen atoms in total. The highest BCUT2D eigenvalue weighted by Gasteiger charge is 2.38. The van der Waals surface area contributed by atoms with Crippen LogP contribution in [0.1, 0.15) is 31.4 Å². The Morgan fingerprint density at radius 1 is 1.50 bits per heavy atom. The lowest BCUT2D eigenvalue weighted by Gasteiger charge is -2.27. The molecule has 0 aromatic carbocycles. The third-order valence-electron chi connectivity index (χ3n) is 3.24. The van der Waals surface area contributed by atoms with Gasteiger partial charge in [0.2, 0.25) is 5.92 Å². The van der Waals surface area contributed by atoms with Crippen molar-refractivity contribution in [3.05, 3.63) is 28.5 Å². The number of carbonyl (C=O) groups excluding carboxylic acids is 1. The van der Waals surface area contributed by atoms with Crippen molar-refractivity contribution in [3.8, 4) is 0 Å². The van der Waals surface area contributed by atoms with Gasteiger partial charge in [0.15, 0.2) is 0 Å². The number of pyridine rings is 1. The Kier molecular flexibility index (Phi) is 4.10. The molecule has 1 aliphatic rings. The Morgan fingerprint density at radius 3 is 2.89 bits per heavy atom. The molecule has 0 radical (unpaired) electrons. The number of aromatic nitrogens is 1. The lowest BCUT2D eigenvalue weighted by molar-refractivity contribution is -0.129. The quantitative estimate of drug-likeness (QED) is 0.849. The van der Waals surface area contributed by atoms with E-state index < -0.39 is 11.8 Å². The maximum absolute atomic E-state index is 13.2. The van der Waals surface area contributed by atoms with Crippen molar-refractivity contribution in [2.24, 2.45) is 5.92 Å². The fourth-order valence-electron chi connectivity index (χ4n) is 2.28. The van der Waals surface area contributed by atoms with Crippen molar-refractivity contribution >= 4 is 21.7 Å². The number of Topliss-reactive ketones (excluding diaryl/α,β-unsaturated/α-hetero) is 1. The van der Waals surface area contributed by atoms with Crippen LogP contribution in [-0.4, -0.2) is 16.7 Å². The summed E-state index contributed by atoms with van der Waals surface area (Å²) in [4.78, 5) is 16.0. The van der Waals surface area contributed by atoms with E-state index in [1.165, 1.54) is 0 Å². The largest absolute Gasteiger partial charge is 0.299 e. The second-order valence-corrected chi connectivity index (χ2v) is 5.68. The minimum Gasteiger partial charge on any atom is -0.299 e. The van der Waals surface area contributed by atoms with Crippen LogP contribution in [0, 0.1) is 5.92 Å². The van der Waals surface area contributed by atoms with Crippen LogP contribution < -0.4 is 0 Å². The highest BCUT2D eigenvalue weighted by atomic mass is 79.9. The van der Waals surface area contributed by atoms with Crippen molar-refractivity contribution in [2.75, 3.05) is 0 Å². The standard InChI is InChI=1S/C13H14BrF2NO/c14-10-3-4-11(17-8-10)6-12(18)9-2-1-5-13(15,16)7-9/h3-4,8-9H,1-2,5-7H2. The van der Waals surface area contributed by atoms with E-state index in [0.29, 0.717) is 18.5 Å². The first-order chi connectivity index (χ1) is 8.46. The lowest BCUT2D eigenvalue weighted by Crippen LogP contribution is -2.31. The van der Waals surface area contributed by atoms with Crippen LogP contribution in [0.5, 0.6) is 0 Å². The van der Waals surface area contributed by atoms with Crippen molar-refractivity contribution in [3.63, 3.8) is 0 Å². The first kappa shape index (κ1) is 13.6. The van der Waals surface area contributed by atoms with Gasteiger partial charge in [-0.25, -0.2) is 8.78 Å². The molecule has 5 heteroatoms. The number of halogens is 3. The van der Waals surface area contributed by atoms with Crippen LogP contribution in [0.4, 0.5) is 8.78 Å². The molecule has 98 valence electrons. The molecule has 1 aromatic heterocycles. The first-order valence-electron chi connectivity index (χ1n) is 5.97. The summed E-state index contributed by atoms with van der Waals surface area (Å²) < 4.78 is 27.3. The third-order valence-corrected chi connectivity index (χ3v) is 3.71. The highest BCUT2D eigenvalue weighted by molar-refractivity contribution is 9.10. The zero-order valence-corrected chi connectivity index (χ0v) is 11.4. The summed E-state index contributed by atoms with van der Waals surface area (Å²) >= 11 is 3.26. The van der Waals surface area contributed by atoms with Gasteiger partial charge in [-0.05, 0) is 40.9 Å². The van der Waals surface area contributed by atoms with Crippen LogP contribution in [0.3, 0.4) is 0 Å². The van der Waals surface area contributed by atoms with E-state index in [2.05, 4.69) is 20.9 Å². The van der Waals surface area contributed by atoms with Crippen molar-refractivity contribution in [2.45, 2.75) is 38.0 Å². The topological polar surface area (TPSA) is 30.0 Å². The summed E-state index contributed by atoms with van der Waals surface area (Å²) in [6.45, 7) is 0. The molecule has 1 fully saturated rings. The Hall–Kier alpha value is -0.840. The summed E-state index contributed by atoms with van der Waals surface area (Å²) in [7, 11) is 0. The van der Waals surface area contributed by atoms with E-state index >= 15 is 0 Å². The number of alkyl halides is 2. The van der Waals surface area contributed by atoms with Gasteiger partial charge >= 0.3 is 0 Å². The summed E-state index contributed by atoms with van der Waals surface area (Å²) in [5, 5.41) is 0. The molecule has 0 bridgehead atoms. The average Bonchev–Trinajstić information content (AvgIpc) is 2.31. The Balaban J connectivity index is 1.97. The van der Waals surface area contributed by atoms with Crippen molar-refractivity contribution in [1.82, 2.24) is 4.98 Å². The molecule has 0 amide bonds. The maximum atomic E-state index is 13.2. The van der Waals surface area contributed by atoms with E-state index in [-0.39, 0.29) is 25.0 Å². The van der Waals surface area contributed by atoms with E-state index in [9.17, 15) is 13.6 Å². The number of rotatable bonds is 3. The SMILES string of the molecule is O=C(Cc1ccc(Br)cn1)C1CCCC(F)(F)C1. The third kappa shape index (κ3) is 3.57. The molecule has 0 N–H and O–H groups in total. The van der Waals surface area contributed by atoms with Gasteiger partial charge in [-0.1, -0.05) is 0 Å². The number of nitrogens with zero attached hydrogens (tertiary/aromatic N) is 1. The molecule has 0 saturated heterocycles. The van der Waals surface area contributed by atoms with E-state index in [0.717, 1.165) is 4.47 Å². The minimum absolute atomic E-state index is 0.0900. The lowest BCUT2D eigenvalue weighted by atomic mass is 9.82. The van der Waals surface area contributed by atoms with Gasteiger partial charge in [-0.15, -0.1) is 0 Å². The smallest absolute Gasteiger partial charge is 0.248 e. The molecule has 18 heavy (non-hydrogen) atoms. The Labute approximate surface area is 113 Å². The number of ketones is 1. The summed E-state index contributed by atoms with van der Waals surface area (Å²) in [6.07, 6.45) is 2.36. The van der Waals surface area contributed by atoms with Crippen molar-refractivity contribution in [1.29, 1.82) is 0 Å². The predicted molar refractivity (Wildman–Crippen MR) is 67.6 cm³/mol. The van der Waals surface area contributed by atoms with Crippen LogP contribution in [0.2, 0.25) is 0 Å². The number of carbonyl (C=O) groups is 1. The van der Waals surface area contributed by atoms with Gasteiger partial charge in [0.05, 0.1) is 0 Å². The summed E-state index contributed by atoms with van der Waals surface area (Å²) in [5.41, 5.74) is 0.636. The molecule has 1 aromatic rings. The molecule has 1 unspecified atom stereocenters. The van der Waals surface area contributed by atoms with Gasteiger partial charge in [0.25, 0.3) is 0 Å². The zero-order chi connectivity index (χ0) is 13.2. The Bertz CT molecular complexity index is 433. The zero-order valence-electron chi connectivity index (χ0n) is 9.83. The second-order valence-electron chi connectivity index (χ2n) is 4.76. The molecule has 1 saturated carbocycles. The predicted octanol–water partition coefficient (Wildman–Crippen LogP) is 3.78. The maximum Gasteiger partial charge on any atom is 0.248 e. The normalized spacial score (nSPS) is 22.7. The second kappa shape index (κ2) is 5.43. The van der Waals surface area contributed by atoms with Gasteiger partial charge in [-0.3, -0.25) is 9.78 Å². The van der Waals surface area contributed by atoms with Crippen LogP contribution >= 0.6 is 15.9 Å². The fraction of sp³-hybridized carbons (Fsp3) is 0.538. The molecule has 0 spiro atoms. The molecule has 0 aliphatic heterocycles. The first-order valence-corrected chi connectivity index (χ1v) is 6.76. The summed E-state index contributed by atoms with van der Waals surface area (Å²) in [6, 6.07) is 3.54. The molecule has 2 rings (SSSR count). The van der Waals surface area contributed by atoms with Gasteiger partial charge < -0.3 is 0 Å². The highest BCUT2D eigenvalue weighted by Crippen LogP contribution is 2.37. The average molecular weight is 318 g/mol. The molecule has 1 aliphatic carbocycles. The summed E-state index contributed by atoms with van der Waals surface area (Å²) in [5.74, 6) is -3.31. The van der Waals surface area contributed by atoms with Crippen LogP contribution in [0.15, 0.2) is 22.8 Å². The molecule has 1 heterocycles. The molecule has 1 atom stereocenters. The van der Waals surface area contributed by atoms with Gasteiger partial charge in [0.1, 0.15) is 5.78 Å². The van der Waals surface area contributed by atoms with Gasteiger partial charge in [-0.2, -0.15) is 0 Å². The van der Waals surface area contributed by atoms with Crippen LogP contribution in [0.25, 0.3) is 0 Å². The van der Waals surface area contributed by atoms with E-state index in [1.54, 1.807) is 18.3 Å². The fourth-order valence-corrected chi connectivity index (χ4v) is 2.51. The van der Waals surface area contributed by atoms with Crippen molar-refractivity contribution < 1.29 is 13.6 Å². The molecular formula is C13H14BrF2NO. The van der Waals surface area contributed by atoms with Crippen LogP contribution in [-0.2, 0) is 11.2 Å². The Morgan fingerprint density at radius 2 is 2.28 bits per heavy atom. The minimum atomic E-state index is -2.67. The molecular weight excluding hydrogens is 304 g/mol. The van der Waals surface area contributed by atoms with E-state index in [1.807, 2.05) is 0 Å². The van der Waals surface area contributed by atoms with E-state index in [4.69, 9.17) is 0 Å².